The van der Waals surface area contributed by atoms with Crippen molar-refractivity contribution in [2.24, 2.45) is 5.10 Å². The first kappa shape index (κ1) is 18.7. The zero-order valence-electron chi connectivity index (χ0n) is 15.1. The van der Waals surface area contributed by atoms with Crippen LogP contribution in [0.2, 0.25) is 0 Å². The van der Waals surface area contributed by atoms with E-state index in [1.807, 2.05) is 35.7 Å². The second-order valence-corrected chi connectivity index (χ2v) is 7.08. The number of hydrogen-bond donors (Lipinski definition) is 1. The molecule has 0 spiro atoms. The first-order valence-corrected chi connectivity index (χ1v) is 9.59. The van der Waals surface area contributed by atoms with Crippen LogP contribution in [0.1, 0.15) is 5.56 Å². The number of aromatic nitrogens is 2. The molecule has 0 aliphatic rings. The van der Waals surface area contributed by atoms with Gasteiger partial charge in [-0.25, -0.2) is 14.8 Å². The van der Waals surface area contributed by atoms with Gasteiger partial charge in [0.15, 0.2) is 0 Å². The topological polar surface area (TPSA) is 76.3 Å². The van der Waals surface area contributed by atoms with Crippen molar-refractivity contribution in [1.82, 2.24) is 15.0 Å². The van der Waals surface area contributed by atoms with Gasteiger partial charge in [-0.2, -0.15) is 5.10 Å². The summed E-state index contributed by atoms with van der Waals surface area (Å²) in [4.78, 5) is 30.0. The van der Waals surface area contributed by atoms with Crippen molar-refractivity contribution >= 4 is 33.7 Å². The summed E-state index contributed by atoms with van der Waals surface area (Å²) in [5.74, 6) is -0.820. The molecule has 2 aromatic heterocycles. The molecule has 1 amide bonds. The number of fused-ring (bicyclic) bond motifs is 1. The fourth-order valence-electron chi connectivity index (χ4n) is 2.83. The van der Waals surface area contributed by atoms with Crippen molar-refractivity contribution in [1.29, 1.82) is 0 Å². The van der Waals surface area contributed by atoms with Crippen LogP contribution in [0.5, 0.6) is 0 Å². The van der Waals surface area contributed by atoms with E-state index in [1.165, 1.54) is 52.7 Å². The number of carbonyl (C=O) groups is 1. The summed E-state index contributed by atoms with van der Waals surface area (Å²) < 4.78 is 14.1. The van der Waals surface area contributed by atoms with E-state index in [0.717, 1.165) is 11.1 Å². The lowest BCUT2D eigenvalue weighted by Crippen LogP contribution is -2.30. The highest BCUT2D eigenvalue weighted by molar-refractivity contribution is 7.17. The first-order chi connectivity index (χ1) is 14.1. The summed E-state index contributed by atoms with van der Waals surface area (Å²) in [6, 6.07) is 15.2. The van der Waals surface area contributed by atoms with Crippen LogP contribution in [0, 0.1) is 5.82 Å². The summed E-state index contributed by atoms with van der Waals surface area (Å²) in [6.45, 7) is -0.216. The van der Waals surface area contributed by atoms with Crippen LogP contribution in [0.3, 0.4) is 0 Å². The Morgan fingerprint density at radius 3 is 2.69 bits per heavy atom. The number of rotatable bonds is 5. The van der Waals surface area contributed by atoms with Gasteiger partial charge < -0.3 is 0 Å². The van der Waals surface area contributed by atoms with Gasteiger partial charge in [-0.05, 0) is 23.3 Å². The molecule has 0 saturated heterocycles. The highest BCUT2D eigenvalue weighted by atomic mass is 32.1. The second kappa shape index (κ2) is 8.15. The molecular weight excluding hydrogens is 391 g/mol. The molecule has 0 unspecified atom stereocenters. The van der Waals surface area contributed by atoms with E-state index in [-0.39, 0.29) is 17.9 Å². The SMILES string of the molecule is O=C(Cn1cnc2scc(-c3ccccc3)c2c1=O)NN=Cc1ccc(F)cc1. The molecule has 4 aromatic rings. The minimum atomic E-state index is -0.469. The Bertz CT molecular complexity index is 1250. The molecule has 6 nitrogen and oxygen atoms in total. The molecule has 0 saturated carbocycles. The average molecular weight is 406 g/mol. The zero-order chi connectivity index (χ0) is 20.2. The molecule has 0 aliphatic carbocycles. The maximum Gasteiger partial charge on any atom is 0.263 e. The van der Waals surface area contributed by atoms with Gasteiger partial charge >= 0.3 is 0 Å². The van der Waals surface area contributed by atoms with Crippen molar-refractivity contribution in [3.8, 4) is 11.1 Å². The molecule has 0 aliphatic heterocycles. The number of nitrogens with zero attached hydrogens (tertiary/aromatic N) is 3. The summed E-state index contributed by atoms with van der Waals surface area (Å²) in [5, 5.41) is 6.22. The maximum absolute atomic E-state index is 12.9. The largest absolute Gasteiger partial charge is 0.289 e. The Labute approximate surface area is 169 Å². The van der Waals surface area contributed by atoms with Crippen LogP contribution in [0.25, 0.3) is 21.3 Å². The summed E-state index contributed by atoms with van der Waals surface area (Å²) in [7, 11) is 0. The van der Waals surface area contributed by atoms with Gasteiger partial charge in [0.05, 0.1) is 17.9 Å². The molecule has 2 heterocycles. The summed E-state index contributed by atoms with van der Waals surface area (Å²) in [5.41, 5.74) is 4.43. The first-order valence-electron chi connectivity index (χ1n) is 8.71. The predicted molar refractivity (Wildman–Crippen MR) is 111 cm³/mol. The lowest BCUT2D eigenvalue weighted by Gasteiger charge is -2.05. The van der Waals surface area contributed by atoms with Gasteiger partial charge in [-0.1, -0.05) is 42.5 Å². The van der Waals surface area contributed by atoms with E-state index in [2.05, 4.69) is 15.5 Å². The minimum absolute atomic E-state index is 0.216. The number of amides is 1. The maximum atomic E-state index is 12.9. The molecule has 1 N–H and O–H groups in total. The van der Waals surface area contributed by atoms with E-state index in [9.17, 15) is 14.0 Å². The van der Waals surface area contributed by atoms with Gasteiger partial charge in [0.1, 0.15) is 17.2 Å². The van der Waals surface area contributed by atoms with E-state index < -0.39 is 5.91 Å². The third-order valence-electron chi connectivity index (χ3n) is 4.23. The van der Waals surface area contributed by atoms with Crippen molar-refractivity contribution < 1.29 is 9.18 Å². The Kier molecular flexibility index (Phi) is 5.26. The minimum Gasteiger partial charge on any atom is -0.289 e. The van der Waals surface area contributed by atoms with E-state index in [1.54, 1.807) is 0 Å². The monoisotopic (exact) mass is 406 g/mol. The van der Waals surface area contributed by atoms with Gasteiger partial charge in [-0.3, -0.25) is 14.2 Å². The normalized spacial score (nSPS) is 11.2. The number of thiophene rings is 1. The molecule has 144 valence electrons. The number of benzene rings is 2. The number of hydrogen-bond acceptors (Lipinski definition) is 5. The van der Waals surface area contributed by atoms with E-state index in [4.69, 9.17) is 0 Å². The molecule has 0 fully saturated rings. The van der Waals surface area contributed by atoms with Crippen molar-refractivity contribution in [2.75, 3.05) is 0 Å². The predicted octanol–water partition coefficient (Wildman–Crippen LogP) is 3.41. The zero-order valence-corrected chi connectivity index (χ0v) is 15.9. The lowest BCUT2D eigenvalue weighted by molar-refractivity contribution is -0.121. The highest BCUT2D eigenvalue weighted by Crippen LogP contribution is 2.30. The van der Waals surface area contributed by atoms with Crippen LogP contribution >= 0.6 is 11.3 Å². The molecule has 8 heteroatoms. The quantitative estimate of drug-likeness (QED) is 0.408. The Morgan fingerprint density at radius 1 is 1.17 bits per heavy atom. The molecular formula is C21H15FN4O2S. The number of nitrogens with one attached hydrogen (secondary N) is 1. The number of hydrazone groups is 1. The van der Waals surface area contributed by atoms with Crippen LogP contribution in [0.15, 0.2) is 76.2 Å². The van der Waals surface area contributed by atoms with Gasteiger partial charge in [0, 0.05) is 10.9 Å². The van der Waals surface area contributed by atoms with Crippen LogP contribution < -0.4 is 11.0 Å². The van der Waals surface area contributed by atoms with Crippen molar-refractivity contribution in [2.45, 2.75) is 6.54 Å². The van der Waals surface area contributed by atoms with Crippen LogP contribution in [-0.2, 0) is 11.3 Å². The Balaban J connectivity index is 1.53. The molecule has 0 atom stereocenters. The van der Waals surface area contributed by atoms with Crippen LogP contribution in [0.4, 0.5) is 4.39 Å². The second-order valence-electron chi connectivity index (χ2n) is 6.22. The number of carbonyl (C=O) groups excluding carboxylic acids is 1. The van der Waals surface area contributed by atoms with Gasteiger partial charge in [-0.15, -0.1) is 11.3 Å². The fourth-order valence-corrected chi connectivity index (χ4v) is 3.73. The molecule has 0 bridgehead atoms. The fraction of sp³-hybridized carbons (Fsp3) is 0.0476. The van der Waals surface area contributed by atoms with E-state index in [0.29, 0.717) is 15.8 Å². The summed E-state index contributed by atoms with van der Waals surface area (Å²) >= 11 is 1.39. The molecule has 2 aromatic carbocycles. The molecule has 0 radical (unpaired) electrons. The molecule has 4 rings (SSSR count). The third-order valence-corrected chi connectivity index (χ3v) is 5.12. The standard InChI is InChI=1S/C21H15FN4O2S/c22-16-8-6-14(7-9-16)10-24-25-18(27)11-26-13-23-20-19(21(26)28)17(12-29-20)15-4-2-1-3-5-15/h1-10,12-13H,11H2,(H,25,27). The van der Waals surface area contributed by atoms with Crippen molar-refractivity contribution in [3.05, 3.63) is 88.0 Å². The Morgan fingerprint density at radius 2 is 1.93 bits per heavy atom. The Hall–Kier alpha value is -3.65. The lowest BCUT2D eigenvalue weighted by atomic mass is 10.1. The summed E-state index contributed by atoms with van der Waals surface area (Å²) in [6.07, 6.45) is 2.76. The third kappa shape index (κ3) is 4.12. The molecule has 29 heavy (non-hydrogen) atoms. The van der Waals surface area contributed by atoms with Crippen LogP contribution in [-0.4, -0.2) is 21.7 Å². The average Bonchev–Trinajstić information content (AvgIpc) is 3.17. The van der Waals surface area contributed by atoms with Gasteiger partial charge in [0.25, 0.3) is 11.5 Å². The number of halogens is 1. The van der Waals surface area contributed by atoms with Gasteiger partial charge in [0.2, 0.25) is 0 Å². The van der Waals surface area contributed by atoms with Crippen molar-refractivity contribution in [3.63, 3.8) is 0 Å². The smallest absolute Gasteiger partial charge is 0.263 e. The highest BCUT2D eigenvalue weighted by Gasteiger charge is 2.14. The van der Waals surface area contributed by atoms with E-state index >= 15 is 0 Å².